The van der Waals surface area contributed by atoms with Crippen LogP contribution in [0.5, 0.6) is 0 Å². The first-order valence-corrected chi connectivity index (χ1v) is 7.46. The van der Waals surface area contributed by atoms with Crippen LogP contribution in [-0.2, 0) is 19.6 Å². The summed E-state index contributed by atoms with van der Waals surface area (Å²) >= 11 is 5.69. The fourth-order valence-electron chi connectivity index (χ4n) is 2.00. The second-order valence-corrected chi connectivity index (χ2v) is 6.51. The first-order chi connectivity index (χ1) is 8.95. The summed E-state index contributed by atoms with van der Waals surface area (Å²) in [6, 6.07) is 2.68. The molecule has 104 valence electrons. The summed E-state index contributed by atoms with van der Waals surface area (Å²) in [6.07, 6.45) is 1.80. The summed E-state index contributed by atoms with van der Waals surface area (Å²) in [5.74, 6) is -0.789. The van der Waals surface area contributed by atoms with Crippen molar-refractivity contribution in [3.05, 3.63) is 23.5 Å². The van der Waals surface area contributed by atoms with Crippen molar-refractivity contribution in [3.8, 4) is 0 Å². The molecule has 0 radical (unpaired) electrons. The normalized spacial score (nSPS) is 20.4. The van der Waals surface area contributed by atoms with E-state index in [2.05, 4.69) is 9.72 Å². The van der Waals surface area contributed by atoms with Crippen LogP contribution in [0.25, 0.3) is 0 Å². The Morgan fingerprint density at radius 1 is 1.58 bits per heavy atom. The lowest BCUT2D eigenvalue weighted by Crippen LogP contribution is -2.30. The first kappa shape index (κ1) is 14.2. The van der Waals surface area contributed by atoms with Crippen LogP contribution in [0.15, 0.2) is 23.2 Å². The molecule has 19 heavy (non-hydrogen) atoms. The van der Waals surface area contributed by atoms with Crippen LogP contribution in [0.1, 0.15) is 6.42 Å². The Morgan fingerprint density at radius 2 is 2.32 bits per heavy atom. The molecule has 1 aromatic rings. The predicted molar refractivity (Wildman–Crippen MR) is 68.1 cm³/mol. The lowest BCUT2D eigenvalue weighted by Gasteiger charge is -2.16. The van der Waals surface area contributed by atoms with Gasteiger partial charge in [-0.2, -0.15) is 4.31 Å². The number of ether oxygens (including phenoxy) is 1. The number of nitrogens with zero attached hydrogens (tertiary/aromatic N) is 2. The Morgan fingerprint density at radius 3 is 2.95 bits per heavy atom. The molecular formula is C11H13ClN2O4S. The van der Waals surface area contributed by atoms with Gasteiger partial charge in [0.25, 0.3) is 0 Å². The second kappa shape index (κ2) is 5.44. The van der Waals surface area contributed by atoms with Crippen LogP contribution in [0.3, 0.4) is 0 Å². The Balaban J connectivity index is 2.21. The minimum absolute atomic E-state index is 0.0815. The SMILES string of the molecule is COC(=O)C1CCN(S(=O)(=O)c2ccnc(Cl)c2)C1. The van der Waals surface area contributed by atoms with E-state index in [0.29, 0.717) is 13.0 Å². The highest BCUT2D eigenvalue weighted by Gasteiger charge is 2.36. The molecule has 0 aliphatic carbocycles. The molecular weight excluding hydrogens is 292 g/mol. The molecule has 0 N–H and O–H groups in total. The molecule has 1 fully saturated rings. The molecule has 1 atom stereocenters. The molecule has 2 heterocycles. The highest BCUT2D eigenvalue weighted by atomic mass is 35.5. The van der Waals surface area contributed by atoms with Crippen LogP contribution in [0.2, 0.25) is 5.15 Å². The number of esters is 1. The number of hydrogen-bond acceptors (Lipinski definition) is 5. The molecule has 1 saturated heterocycles. The molecule has 1 aromatic heterocycles. The van der Waals surface area contributed by atoms with Crippen LogP contribution in [0, 0.1) is 5.92 Å². The third kappa shape index (κ3) is 2.88. The predicted octanol–water partition coefficient (Wildman–Crippen LogP) is 0.919. The monoisotopic (exact) mass is 304 g/mol. The number of halogens is 1. The van der Waals surface area contributed by atoms with Crippen molar-refractivity contribution in [1.29, 1.82) is 0 Å². The smallest absolute Gasteiger partial charge is 0.310 e. The van der Waals surface area contributed by atoms with Crippen molar-refractivity contribution in [3.63, 3.8) is 0 Å². The van der Waals surface area contributed by atoms with Gasteiger partial charge in [0, 0.05) is 19.3 Å². The number of aromatic nitrogens is 1. The zero-order valence-corrected chi connectivity index (χ0v) is 11.8. The molecule has 0 saturated carbocycles. The summed E-state index contributed by atoms with van der Waals surface area (Å²) in [7, 11) is -2.34. The average Bonchev–Trinajstić information content (AvgIpc) is 2.88. The van der Waals surface area contributed by atoms with Crippen LogP contribution in [-0.4, -0.2) is 43.9 Å². The Hall–Kier alpha value is -1.18. The standard InChI is InChI=1S/C11H13ClN2O4S/c1-18-11(15)8-3-5-14(7-8)19(16,17)9-2-4-13-10(12)6-9/h2,4,6,8H,3,5,7H2,1H3. The van der Waals surface area contributed by atoms with Crippen LogP contribution >= 0.6 is 11.6 Å². The molecule has 0 bridgehead atoms. The number of carbonyl (C=O) groups excluding carboxylic acids is 1. The minimum Gasteiger partial charge on any atom is -0.469 e. The van der Waals surface area contributed by atoms with Gasteiger partial charge < -0.3 is 4.74 Å². The highest BCUT2D eigenvalue weighted by Crippen LogP contribution is 2.25. The van der Waals surface area contributed by atoms with Crippen molar-refractivity contribution >= 4 is 27.6 Å². The number of methoxy groups -OCH3 is 1. The quantitative estimate of drug-likeness (QED) is 0.613. The number of sulfonamides is 1. The summed E-state index contributed by atoms with van der Waals surface area (Å²) < 4.78 is 30.6. The van der Waals surface area contributed by atoms with Gasteiger partial charge in [-0.3, -0.25) is 4.79 Å². The van der Waals surface area contributed by atoms with Gasteiger partial charge in [-0.15, -0.1) is 0 Å². The van der Waals surface area contributed by atoms with Gasteiger partial charge in [0.05, 0.1) is 17.9 Å². The Bertz CT molecular complexity index is 590. The molecule has 8 heteroatoms. The highest BCUT2D eigenvalue weighted by molar-refractivity contribution is 7.89. The van der Waals surface area contributed by atoms with Gasteiger partial charge in [-0.1, -0.05) is 11.6 Å². The molecule has 1 aliphatic heterocycles. The molecule has 0 spiro atoms. The lowest BCUT2D eigenvalue weighted by molar-refractivity contribution is -0.144. The molecule has 1 unspecified atom stereocenters. The first-order valence-electron chi connectivity index (χ1n) is 5.64. The summed E-state index contributed by atoms with van der Waals surface area (Å²) in [5.41, 5.74) is 0. The van der Waals surface area contributed by atoms with E-state index in [4.69, 9.17) is 11.6 Å². The van der Waals surface area contributed by atoms with E-state index in [1.165, 1.54) is 29.7 Å². The Labute approximate surface area is 116 Å². The average molecular weight is 305 g/mol. The maximum Gasteiger partial charge on any atom is 0.310 e. The van der Waals surface area contributed by atoms with E-state index in [9.17, 15) is 13.2 Å². The van der Waals surface area contributed by atoms with Crippen LogP contribution < -0.4 is 0 Å². The molecule has 0 aromatic carbocycles. The van der Waals surface area contributed by atoms with Gasteiger partial charge in [0.15, 0.2) is 0 Å². The third-order valence-electron chi connectivity index (χ3n) is 3.02. The van der Waals surface area contributed by atoms with E-state index >= 15 is 0 Å². The zero-order chi connectivity index (χ0) is 14.0. The largest absolute Gasteiger partial charge is 0.469 e. The van der Waals surface area contributed by atoms with Gasteiger partial charge in [0.2, 0.25) is 10.0 Å². The number of rotatable bonds is 3. The molecule has 6 nitrogen and oxygen atoms in total. The molecule has 1 aliphatic rings. The van der Waals surface area contributed by atoms with Crippen LogP contribution in [0.4, 0.5) is 0 Å². The maximum absolute atomic E-state index is 12.3. The van der Waals surface area contributed by atoms with Gasteiger partial charge in [0.1, 0.15) is 5.15 Å². The molecule has 0 amide bonds. The number of hydrogen-bond donors (Lipinski definition) is 0. The topological polar surface area (TPSA) is 76.6 Å². The summed E-state index contributed by atoms with van der Waals surface area (Å²) in [4.78, 5) is 15.2. The molecule has 2 rings (SSSR count). The zero-order valence-electron chi connectivity index (χ0n) is 10.2. The van der Waals surface area contributed by atoms with Gasteiger partial charge in [-0.05, 0) is 18.6 Å². The second-order valence-electron chi connectivity index (χ2n) is 4.19. The van der Waals surface area contributed by atoms with Gasteiger partial charge in [-0.25, -0.2) is 13.4 Å². The van der Waals surface area contributed by atoms with E-state index in [-0.39, 0.29) is 22.6 Å². The van der Waals surface area contributed by atoms with E-state index in [1.54, 1.807) is 0 Å². The van der Waals surface area contributed by atoms with E-state index in [1.807, 2.05) is 0 Å². The lowest BCUT2D eigenvalue weighted by atomic mass is 10.1. The number of pyridine rings is 1. The number of carbonyl (C=O) groups is 1. The van der Waals surface area contributed by atoms with E-state index < -0.39 is 15.9 Å². The van der Waals surface area contributed by atoms with Crippen molar-refractivity contribution in [2.24, 2.45) is 5.92 Å². The van der Waals surface area contributed by atoms with Gasteiger partial charge >= 0.3 is 5.97 Å². The van der Waals surface area contributed by atoms with Crippen molar-refractivity contribution in [2.45, 2.75) is 11.3 Å². The third-order valence-corrected chi connectivity index (χ3v) is 5.09. The Kier molecular flexibility index (Phi) is 4.07. The maximum atomic E-state index is 12.3. The fourth-order valence-corrected chi connectivity index (χ4v) is 3.75. The fraction of sp³-hybridized carbons (Fsp3) is 0.455. The van der Waals surface area contributed by atoms with Crippen molar-refractivity contribution in [1.82, 2.24) is 9.29 Å². The summed E-state index contributed by atoms with van der Waals surface area (Å²) in [6.45, 7) is 0.428. The van der Waals surface area contributed by atoms with E-state index in [0.717, 1.165) is 0 Å². The van der Waals surface area contributed by atoms with Crippen molar-refractivity contribution in [2.75, 3.05) is 20.2 Å². The minimum atomic E-state index is -3.63. The summed E-state index contributed by atoms with van der Waals surface area (Å²) in [5, 5.41) is 0.116. The van der Waals surface area contributed by atoms with Crippen molar-refractivity contribution < 1.29 is 17.9 Å².